The second-order valence-corrected chi connectivity index (χ2v) is 8.40. The molecule has 2 fully saturated rings. The molecular formula is C22H22N4O. The molecule has 3 aliphatic rings. The van der Waals surface area contributed by atoms with Crippen LogP contribution in [0.25, 0.3) is 10.9 Å². The number of anilines is 1. The Kier molecular flexibility index (Phi) is 3.02. The van der Waals surface area contributed by atoms with Crippen molar-refractivity contribution in [1.82, 2.24) is 10.2 Å². The van der Waals surface area contributed by atoms with Gasteiger partial charge in [0, 0.05) is 16.6 Å². The summed E-state index contributed by atoms with van der Waals surface area (Å²) in [6.07, 6.45) is 5.99. The Hall–Kier alpha value is -2.82. The van der Waals surface area contributed by atoms with Gasteiger partial charge in [-0.15, -0.1) is 0 Å². The molecule has 5 nitrogen and oxygen atoms in total. The summed E-state index contributed by atoms with van der Waals surface area (Å²) in [7, 11) is 0. The van der Waals surface area contributed by atoms with Crippen LogP contribution in [0, 0.1) is 17.8 Å². The highest BCUT2D eigenvalue weighted by Crippen LogP contribution is 2.64. The number of hydrogen-bond acceptors (Lipinski definition) is 3. The summed E-state index contributed by atoms with van der Waals surface area (Å²) in [5, 5.41) is 12.5. The molecule has 2 bridgehead atoms. The van der Waals surface area contributed by atoms with Crippen LogP contribution >= 0.6 is 0 Å². The van der Waals surface area contributed by atoms with E-state index in [1.165, 1.54) is 41.5 Å². The first kappa shape index (κ1) is 15.3. The molecule has 3 aromatic rings. The van der Waals surface area contributed by atoms with E-state index in [0.29, 0.717) is 17.4 Å². The van der Waals surface area contributed by atoms with Crippen LogP contribution in [-0.4, -0.2) is 16.1 Å². The van der Waals surface area contributed by atoms with Gasteiger partial charge in [-0.2, -0.15) is 5.10 Å². The summed E-state index contributed by atoms with van der Waals surface area (Å²) in [6.45, 7) is 0. The van der Waals surface area contributed by atoms with Crippen molar-refractivity contribution >= 4 is 22.5 Å². The maximum absolute atomic E-state index is 11.4. The fourth-order valence-electron chi connectivity index (χ4n) is 6.19. The van der Waals surface area contributed by atoms with Gasteiger partial charge in [-0.25, -0.2) is 0 Å². The van der Waals surface area contributed by atoms with Crippen LogP contribution in [0.4, 0.5) is 5.69 Å². The summed E-state index contributed by atoms with van der Waals surface area (Å²) in [5.41, 5.74) is 11.1. The van der Waals surface area contributed by atoms with Crippen LogP contribution in [0.5, 0.6) is 0 Å². The smallest absolute Gasteiger partial charge is 0.248 e. The Balaban J connectivity index is 1.50. The molecule has 1 aromatic heterocycles. The van der Waals surface area contributed by atoms with E-state index >= 15 is 0 Å². The molecular weight excluding hydrogens is 336 g/mol. The third kappa shape index (κ3) is 2.05. The van der Waals surface area contributed by atoms with E-state index < -0.39 is 0 Å². The number of H-pyrrole nitrogens is 1. The number of carbonyl (C=O) groups excluding carboxylic acids is 1. The third-order valence-corrected chi connectivity index (χ3v) is 7.23. The summed E-state index contributed by atoms with van der Waals surface area (Å²) in [4.78, 5) is 11.4. The number of amides is 1. The van der Waals surface area contributed by atoms with E-state index in [-0.39, 0.29) is 11.9 Å². The number of fused-ring (bicyclic) bond motifs is 9. The number of aromatic amines is 1. The Morgan fingerprint density at radius 3 is 2.70 bits per heavy atom. The van der Waals surface area contributed by atoms with Crippen molar-refractivity contribution in [1.29, 1.82) is 0 Å². The number of nitrogens with zero attached hydrogens (tertiary/aromatic N) is 1. The first-order valence-electron chi connectivity index (χ1n) is 9.83. The van der Waals surface area contributed by atoms with E-state index in [1.54, 1.807) is 0 Å². The lowest BCUT2D eigenvalue weighted by molar-refractivity contribution is 0.100. The molecule has 2 saturated carbocycles. The van der Waals surface area contributed by atoms with Crippen molar-refractivity contribution in [3.8, 4) is 0 Å². The van der Waals surface area contributed by atoms with Gasteiger partial charge >= 0.3 is 0 Å². The Morgan fingerprint density at radius 2 is 1.89 bits per heavy atom. The quantitative estimate of drug-likeness (QED) is 0.648. The zero-order valence-corrected chi connectivity index (χ0v) is 15.0. The summed E-state index contributed by atoms with van der Waals surface area (Å²) < 4.78 is 0. The highest BCUT2D eigenvalue weighted by molar-refractivity contribution is 5.93. The minimum Gasteiger partial charge on any atom is -0.378 e. The van der Waals surface area contributed by atoms with Crippen LogP contribution in [0.15, 0.2) is 42.6 Å². The van der Waals surface area contributed by atoms with E-state index in [1.807, 2.05) is 18.3 Å². The molecule has 2 aliphatic carbocycles. The largest absolute Gasteiger partial charge is 0.378 e. The summed E-state index contributed by atoms with van der Waals surface area (Å²) in [6, 6.07) is 12.5. The average Bonchev–Trinajstić information content (AvgIpc) is 3.43. The second-order valence-electron chi connectivity index (χ2n) is 8.40. The van der Waals surface area contributed by atoms with Gasteiger partial charge in [-0.1, -0.05) is 12.1 Å². The molecule has 0 spiro atoms. The maximum Gasteiger partial charge on any atom is 0.248 e. The van der Waals surface area contributed by atoms with Crippen molar-refractivity contribution in [2.75, 3.05) is 5.32 Å². The third-order valence-electron chi connectivity index (χ3n) is 7.23. The van der Waals surface area contributed by atoms with Crippen molar-refractivity contribution in [3.63, 3.8) is 0 Å². The first-order chi connectivity index (χ1) is 13.2. The standard InChI is InChI=1S/C22H22N4O/c23-22(27)12-3-1-11(2-4-12)21-19-14-6-5-13(9-14)18(19)20-15-10-24-26-16(15)7-8-17(20)25-21/h1-4,7-8,10,13-14,18-19,21,25H,5-6,9H2,(H2,23,27)(H,24,26)/t13-,14+,18+,19-,21+/m1/s1. The van der Waals surface area contributed by atoms with E-state index in [0.717, 1.165) is 17.4 Å². The lowest BCUT2D eigenvalue weighted by atomic mass is 9.67. The van der Waals surface area contributed by atoms with Gasteiger partial charge in [0.05, 0.1) is 17.8 Å². The van der Waals surface area contributed by atoms with Gasteiger partial charge in [0.2, 0.25) is 5.91 Å². The molecule has 0 saturated heterocycles. The van der Waals surface area contributed by atoms with Gasteiger partial charge in [0.15, 0.2) is 0 Å². The zero-order valence-electron chi connectivity index (χ0n) is 15.0. The summed E-state index contributed by atoms with van der Waals surface area (Å²) in [5.74, 6) is 2.35. The monoisotopic (exact) mass is 358 g/mol. The van der Waals surface area contributed by atoms with E-state index in [2.05, 4.69) is 39.8 Å². The van der Waals surface area contributed by atoms with E-state index in [9.17, 15) is 4.79 Å². The van der Waals surface area contributed by atoms with Crippen LogP contribution in [0.2, 0.25) is 0 Å². The molecule has 0 unspecified atom stereocenters. The predicted octanol–water partition coefficient (Wildman–Crippen LogP) is 3.96. The molecule has 5 heteroatoms. The number of aromatic nitrogens is 2. The Morgan fingerprint density at radius 1 is 1.07 bits per heavy atom. The fraction of sp³-hybridized carbons (Fsp3) is 0.364. The number of carbonyl (C=O) groups is 1. The number of benzene rings is 2. The minimum absolute atomic E-state index is 0.282. The Labute approximate surface area is 157 Å². The number of nitrogens with two attached hydrogens (primary N) is 1. The van der Waals surface area contributed by atoms with Crippen molar-refractivity contribution < 1.29 is 4.79 Å². The SMILES string of the molecule is NC(=O)c1ccc([C@@H]2Nc3ccc4[nH]ncc4c3[C@H]3[C@@H]4CC[C@@H](C4)[C@H]32)cc1. The molecule has 27 heavy (non-hydrogen) atoms. The van der Waals surface area contributed by atoms with Crippen LogP contribution < -0.4 is 11.1 Å². The van der Waals surface area contributed by atoms with Crippen molar-refractivity contribution in [3.05, 3.63) is 59.3 Å². The zero-order chi connectivity index (χ0) is 18.1. The topological polar surface area (TPSA) is 83.8 Å². The first-order valence-corrected chi connectivity index (χ1v) is 9.83. The highest BCUT2D eigenvalue weighted by atomic mass is 16.1. The van der Waals surface area contributed by atoms with Gasteiger partial charge in [-0.3, -0.25) is 9.89 Å². The van der Waals surface area contributed by atoms with Crippen LogP contribution in [-0.2, 0) is 0 Å². The number of primary amides is 1. The Bertz CT molecular complexity index is 1050. The fourth-order valence-corrected chi connectivity index (χ4v) is 6.19. The average molecular weight is 358 g/mol. The lowest BCUT2D eigenvalue weighted by Gasteiger charge is -2.43. The molecule has 2 heterocycles. The molecule has 1 aliphatic heterocycles. The van der Waals surface area contributed by atoms with Crippen molar-refractivity contribution in [2.45, 2.75) is 31.2 Å². The van der Waals surface area contributed by atoms with Gasteiger partial charge < -0.3 is 11.1 Å². The van der Waals surface area contributed by atoms with Crippen molar-refractivity contribution in [2.24, 2.45) is 23.5 Å². The second kappa shape index (κ2) is 5.35. The number of rotatable bonds is 2. The molecule has 5 atom stereocenters. The van der Waals surface area contributed by atoms with Crippen LogP contribution in [0.3, 0.4) is 0 Å². The molecule has 2 aromatic carbocycles. The minimum atomic E-state index is -0.372. The highest BCUT2D eigenvalue weighted by Gasteiger charge is 2.54. The molecule has 6 rings (SSSR count). The van der Waals surface area contributed by atoms with E-state index in [4.69, 9.17) is 5.73 Å². The lowest BCUT2D eigenvalue weighted by Crippen LogP contribution is -2.35. The number of nitrogens with one attached hydrogen (secondary N) is 2. The molecule has 1 amide bonds. The molecule has 4 N–H and O–H groups in total. The van der Waals surface area contributed by atoms with Gasteiger partial charge in [0.25, 0.3) is 0 Å². The molecule has 136 valence electrons. The molecule has 0 radical (unpaired) electrons. The number of hydrogen-bond donors (Lipinski definition) is 3. The normalized spacial score (nSPS) is 30.7. The van der Waals surface area contributed by atoms with Gasteiger partial charge in [-0.05, 0) is 78.3 Å². The van der Waals surface area contributed by atoms with Gasteiger partial charge in [0.1, 0.15) is 0 Å². The van der Waals surface area contributed by atoms with Crippen LogP contribution in [0.1, 0.15) is 52.7 Å². The predicted molar refractivity (Wildman–Crippen MR) is 104 cm³/mol. The summed E-state index contributed by atoms with van der Waals surface area (Å²) >= 11 is 0. The maximum atomic E-state index is 11.4.